The summed E-state index contributed by atoms with van der Waals surface area (Å²) < 4.78 is 10.9. The Morgan fingerprint density at radius 1 is 1.07 bits per heavy atom. The third-order valence-corrected chi connectivity index (χ3v) is 5.00. The number of esters is 1. The number of ether oxygens (including phenoxy) is 2. The van der Waals surface area contributed by atoms with Crippen molar-refractivity contribution in [3.63, 3.8) is 0 Å². The van der Waals surface area contributed by atoms with Crippen molar-refractivity contribution in [2.24, 2.45) is 0 Å². The molecule has 5 heteroatoms. The summed E-state index contributed by atoms with van der Waals surface area (Å²) in [5, 5.41) is 2.87. The second-order valence-corrected chi connectivity index (χ2v) is 7.14. The maximum Gasteiger partial charge on any atom is 0.338 e. The standard InChI is InChI=1S/C23H27NO4/c1-4-27-23(26)19-10-12-21(15(2)13-19)24-22(25)16(3)28-20-11-9-17-7-5-6-8-18(17)14-20/h9-14,16H,4-8H2,1-3H3,(H,24,25). The molecule has 5 nitrogen and oxygen atoms in total. The Labute approximate surface area is 166 Å². The number of anilines is 1. The highest BCUT2D eigenvalue weighted by molar-refractivity contribution is 5.96. The van der Waals surface area contributed by atoms with Gasteiger partial charge in [0.1, 0.15) is 5.75 Å². The van der Waals surface area contributed by atoms with E-state index in [1.807, 2.05) is 13.0 Å². The topological polar surface area (TPSA) is 64.6 Å². The monoisotopic (exact) mass is 381 g/mol. The predicted octanol–water partition coefficient (Wildman–Crippen LogP) is 4.46. The minimum absolute atomic E-state index is 0.232. The molecule has 2 aromatic carbocycles. The van der Waals surface area contributed by atoms with Gasteiger partial charge in [-0.05, 0) is 93.5 Å². The average molecular weight is 381 g/mol. The molecule has 2 aromatic rings. The highest BCUT2D eigenvalue weighted by Gasteiger charge is 2.18. The van der Waals surface area contributed by atoms with Crippen molar-refractivity contribution in [2.45, 2.75) is 52.6 Å². The summed E-state index contributed by atoms with van der Waals surface area (Å²) in [6.07, 6.45) is 3.99. The molecule has 0 heterocycles. The van der Waals surface area contributed by atoms with Crippen LogP contribution in [0.2, 0.25) is 0 Å². The van der Waals surface area contributed by atoms with E-state index in [9.17, 15) is 9.59 Å². The minimum atomic E-state index is -0.634. The van der Waals surface area contributed by atoms with Crippen molar-refractivity contribution in [1.82, 2.24) is 0 Å². The Hall–Kier alpha value is -2.82. The SMILES string of the molecule is CCOC(=O)c1ccc(NC(=O)C(C)Oc2ccc3c(c2)CCCC3)c(C)c1. The molecule has 0 bridgehead atoms. The van der Waals surface area contributed by atoms with Gasteiger partial charge in [-0.2, -0.15) is 0 Å². The maximum atomic E-state index is 12.6. The van der Waals surface area contributed by atoms with Crippen LogP contribution in [0.4, 0.5) is 5.69 Å². The lowest BCUT2D eigenvalue weighted by Gasteiger charge is -2.19. The summed E-state index contributed by atoms with van der Waals surface area (Å²) in [4.78, 5) is 24.4. The van der Waals surface area contributed by atoms with Crippen molar-refractivity contribution < 1.29 is 19.1 Å². The third kappa shape index (κ3) is 4.71. The molecule has 0 fully saturated rings. The number of carbonyl (C=O) groups excluding carboxylic acids is 2. The van der Waals surface area contributed by atoms with E-state index >= 15 is 0 Å². The zero-order chi connectivity index (χ0) is 20.1. The van der Waals surface area contributed by atoms with Crippen LogP contribution in [0, 0.1) is 6.92 Å². The fourth-order valence-corrected chi connectivity index (χ4v) is 3.42. The number of nitrogens with one attached hydrogen (secondary N) is 1. The molecule has 0 radical (unpaired) electrons. The molecule has 1 N–H and O–H groups in total. The summed E-state index contributed by atoms with van der Waals surface area (Å²) in [7, 11) is 0. The molecular formula is C23H27NO4. The molecule has 148 valence electrons. The molecule has 1 amide bonds. The van der Waals surface area contributed by atoms with E-state index in [-0.39, 0.29) is 11.9 Å². The normalized spacial score (nSPS) is 14.0. The number of aryl methyl sites for hydroxylation is 3. The number of hydrogen-bond acceptors (Lipinski definition) is 4. The molecule has 0 saturated carbocycles. The van der Waals surface area contributed by atoms with Crippen LogP contribution >= 0.6 is 0 Å². The van der Waals surface area contributed by atoms with Crippen LogP contribution < -0.4 is 10.1 Å². The fourth-order valence-electron chi connectivity index (χ4n) is 3.42. The van der Waals surface area contributed by atoms with Gasteiger partial charge in [-0.1, -0.05) is 6.07 Å². The first-order valence-electron chi connectivity index (χ1n) is 9.85. The Morgan fingerprint density at radius 2 is 1.82 bits per heavy atom. The zero-order valence-electron chi connectivity index (χ0n) is 16.7. The molecule has 1 unspecified atom stereocenters. The van der Waals surface area contributed by atoms with Gasteiger partial charge in [0.05, 0.1) is 12.2 Å². The van der Waals surface area contributed by atoms with E-state index in [2.05, 4.69) is 17.4 Å². The van der Waals surface area contributed by atoms with Crippen molar-refractivity contribution in [1.29, 1.82) is 0 Å². The predicted molar refractivity (Wildman–Crippen MR) is 109 cm³/mol. The minimum Gasteiger partial charge on any atom is -0.481 e. The van der Waals surface area contributed by atoms with Gasteiger partial charge < -0.3 is 14.8 Å². The van der Waals surface area contributed by atoms with E-state index in [1.165, 1.54) is 24.0 Å². The van der Waals surface area contributed by atoms with E-state index < -0.39 is 6.10 Å². The maximum absolute atomic E-state index is 12.6. The highest BCUT2D eigenvalue weighted by atomic mass is 16.5. The smallest absolute Gasteiger partial charge is 0.338 e. The molecule has 1 atom stereocenters. The number of amides is 1. The summed E-state index contributed by atoms with van der Waals surface area (Å²) in [5.41, 5.74) is 4.62. The Kier molecular flexibility index (Phi) is 6.34. The van der Waals surface area contributed by atoms with Crippen molar-refractivity contribution in [2.75, 3.05) is 11.9 Å². The molecule has 0 spiro atoms. The number of fused-ring (bicyclic) bond motifs is 1. The Bertz CT molecular complexity index is 875. The summed E-state index contributed by atoms with van der Waals surface area (Å²) in [6, 6.07) is 11.2. The summed E-state index contributed by atoms with van der Waals surface area (Å²) in [5.74, 6) is 0.120. The molecule has 3 rings (SSSR count). The van der Waals surface area contributed by atoms with Crippen LogP contribution in [0.1, 0.15) is 53.7 Å². The zero-order valence-corrected chi connectivity index (χ0v) is 16.7. The third-order valence-electron chi connectivity index (χ3n) is 5.00. The second kappa shape index (κ2) is 8.91. The highest BCUT2D eigenvalue weighted by Crippen LogP contribution is 2.26. The van der Waals surface area contributed by atoms with Gasteiger partial charge in [-0.25, -0.2) is 4.79 Å². The van der Waals surface area contributed by atoms with Crippen LogP contribution in [0.3, 0.4) is 0 Å². The molecule has 28 heavy (non-hydrogen) atoms. The Morgan fingerprint density at radius 3 is 2.54 bits per heavy atom. The quantitative estimate of drug-likeness (QED) is 0.751. The number of carbonyl (C=O) groups is 2. The van der Waals surface area contributed by atoms with Crippen molar-refractivity contribution in [3.05, 3.63) is 58.7 Å². The van der Waals surface area contributed by atoms with Crippen LogP contribution in [0.5, 0.6) is 5.75 Å². The van der Waals surface area contributed by atoms with E-state index in [1.54, 1.807) is 32.0 Å². The van der Waals surface area contributed by atoms with E-state index in [4.69, 9.17) is 9.47 Å². The summed E-state index contributed by atoms with van der Waals surface area (Å²) in [6.45, 7) is 5.67. The molecule has 1 aliphatic carbocycles. The number of rotatable bonds is 6. The summed E-state index contributed by atoms with van der Waals surface area (Å²) >= 11 is 0. The van der Waals surface area contributed by atoms with Gasteiger partial charge in [-0.3, -0.25) is 4.79 Å². The van der Waals surface area contributed by atoms with Crippen molar-refractivity contribution in [3.8, 4) is 5.75 Å². The van der Waals surface area contributed by atoms with E-state index in [0.29, 0.717) is 17.9 Å². The Balaban J connectivity index is 1.63. The molecule has 1 aliphatic rings. The first kappa shape index (κ1) is 19.9. The van der Waals surface area contributed by atoms with Gasteiger partial charge in [0.15, 0.2) is 6.10 Å². The second-order valence-electron chi connectivity index (χ2n) is 7.14. The number of hydrogen-bond donors (Lipinski definition) is 1. The van der Waals surface area contributed by atoms with Gasteiger partial charge in [0.2, 0.25) is 0 Å². The first-order chi connectivity index (χ1) is 13.5. The van der Waals surface area contributed by atoms with Crippen molar-refractivity contribution >= 4 is 17.6 Å². The first-order valence-corrected chi connectivity index (χ1v) is 9.85. The van der Waals surface area contributed by atoms with E-state index in [0.717, 1.165) is 24.2 Å². The lowest BCUT2D eigenvalue weighted by Crippen LogP contribution is -2.30. The van der Waals surface area contributed by atoms with Crippen LogP contribution in [-0.2, 0) is 22.4 Å². The molecule has 0 saturated heterocycles. The molecular weight excluding hydrogens is 354 g/mol. The lowest BCUT2D eigenvalue weighted by molar-refractivity contribution is -0.122. The van der Waals surface area contributed by atoms with Gasteiger partial charge in [-0.15, -0.1) is 0 Å². The van der Waals surface area contributed by atoms with Crippen LogP contribution in [0.25, 0.3) is 0 Å². The number of benzene rings is 2. The van der Waals surface area contributed by atoms with Crippen LogP contribution in [-0.4, -0.2) is 24.6 Å². The largest absolute Gasteiger partial charge is 0.481 e. The molecule has 0 aromatic heterocycles. The average Bonchev–Trinajstić information content (AvgIpc) is 2.69. The van der Waals surface area contributed by atoms with Gasteiger partial charge >= 0.3 is 5.97 Å². The fraction of sp³-hybridized carbons (Fsp3) is 0.391. The van der Waals surface area contributed by atoms with Gasteiger partial charge in [0, 0.05) is 5.69 Å². The van der Waals surface area contributed by atoms with Crippen LogP contribution in [0.15, 0.2) is 36.4 Å². The molecule has 0 aliphatic heterocycles. The van der Waals surface area contributed by atoms with Gasteiger partial charge in [0.25, 0.3) is 5.91 Å². The lowest BCUT2D eigenvalue weighted by atomic mass is 9.92.